The number of hydrogen-bond donors (Lipinski definition) is 2. The van der Waals surface area contributed by atoms with Crippen LogP contribution in [0.2, 0.25) is 0 Å². The van der Waals surface area contributed by atoms with Crippen LogP contribution in [0, 0.1) is 0 Å². The van der Waals surface area contributed by atoms with E-state index in [0.717, 1.165) is 25.3 Å². The molecule has 1 aromatic rings. The van der Waals surface area contributed by atoms with E-state index in [9.17, 15) is 18.0 Å². The number of ether oxygens (including phenoxy) is 1. The number of aromatic nitrogens is 2. The van der Waals surface area contributed by atoms with Gasteiger partial charge in [0, 0.05) is 13.1 Å². The van der Waals surface area contributed by atoms with Crippen molar-refractivity contribution in [2.75, 3.05) is 13.2 Å². The predicted molar refractivity (Wildman–Crippen MR) is 63.6 cm³/mol. The molecule has 1 aromatic heterocycles. The number of aliphatic carboxylic acids is 1. The van der Waals surface area contributed by atoms with Gasteiger partial charge in [-0.2, -0.15) is 18.3 Å². The fraction of sp³-hybridized carbons (Fsp3) is 0.545. The maximum Gasteiger partial charge on any atom is 0.490 e. The maximum absolute atomic E-state index is 11.3. The van der Waals surface area contributed by atoms with E-state index in [4.69, 9.17) is 14.6 Å². The van der Waals surface area contributed by atoms with Gasteiger partial charge >= 0.3 is 18.1 Å². The third-order valence-electron chi connectivity index (χ3n) is 2.40. The number of fused-ring (bicyclic) bond motifs is 1. The van der Waals surface area contributed by atoms with Crippen molar-refractivity contribution in [3.63, 3.8) is 0 Å². The first kappa shape index (κ1) is 17.0. The van der Waals surface area contributed by atoms with E-state index < -0.39 is 12.1 Å². The Balaban J connectivity index is 0.000000270. The third kappa shape index (κ3) is 5.06. The molecule has 2 rings (SSSR count). The number of carbonyl (C=O) groups excluding carboxylic acids is 1. The summed E-state index contributed by atoms with van der Waals surface area (Å²) < 4.78 is 38.5. The molecule has 0 fully saturated rings. The molecule has 118 valence electrons. The molecule has 21 heavy (non-hydrogen) atoms. The van der Waals surface area contributed by atoms with Crippen LogP contribution in [0.4, 0.5) is 13.2 Å². The minimum absolute atomic E-state index is 0.339. The fourth-order valence-corrected chi connectivity index (χ4v) is 1.50. The second-order valence-electron chi connectivity index (χ2n) is 3.94. The lowest BCUT2D eigenvalue weighted by Gasteiger charge is -2.13. The summed E-state index contributed by atoms with van der Waals surface area (Å²) in [6.45, 7) is 4.66. The molecule has 2 N–H and O–H groups in total. The van der Waals surface area contributed by atoms with Gasteiger partial charge in [-0.25, -0.2) is 9.59 Å². The number of nitrogens with one attached hydrogen (secondary N) is 1. The topological polar surface area (TPSA) is 93.5 Å². The van der Waals surface area contributed by atoms with E-state index in [0.29, 0.717) is 12.3 Å². The number of hydrogen-bond acceptors (Lipinski definition) is 5. The summed E-state index contributed by atoms with van der Waals surface area (Å²) in [7, 11) is 0. The average molecular weight is 309 g/mol. The molecule has 0 unspecified atom stereocenters. The summed E-state index contributed by atoms with van der Waals surface area (Å²) in [6.07, 6.45) is -5.08. The first-order chi connectivity index (χ1) is 9.75. The van der Waals surface area contributed by atoms with Crippen LogP contribution in [0.15, 0.2) is 6.07 Å². The van der Waals surface area contributed by atoms with Gasteiger partial charge in [-0.3, -0.25) is 4.68 Å². The molecule has 0 aromatic carbocycles. The number of carbonyl (C=O) groups is 2. The van der Waals surface area contributed by atoms with Crippen LogP contribution in [0.1, 0.15) is 23.1 Å². The summed E-state index contributed by atoms with van der Waals surface area (Å²) in [5, 5.41) is 14.5. The lowest BCUT2D eigenvalue weighted by molar-refractivity contribution is -0.192. The smallest absolute Gasteiger partial charge is 0.475 e. The van der Waals surface area contributed by atoms with Crippen LogP contribution in [0.5, 0.6) is 0 Å². The monoisotopic (exact) mass is 309 g/mol. The summed E-state index contributed by atoms with van der Waals surface area (Å²) in [5.41, 5.74) is 1.45. The van der Waals surface area contributed by atoms with Gasteiger partial charge in [0.05, 0.1) is 18.8 Å². The van der Waals surface area contributed by atoms with Crippen molar-refractivity contribution in [1.82, 2.24) is 15.1 Å². The fourth-order valence-electron chi connectivity index (χ4n) is 1.50. The van der Waals surface area contributed by atoms with Crippen molar-refractivity contribution in [3.8, 4) is 0 Å². The Kier molecular flexibility index (Phi) is 5.70. The zero-order chi connectivity index (χ0) is 16.0. The van der Waals surface area contributed by atoms with Gasteiger partial charge in [-0.05, 0) is 13.0 Å². The first-order valence-electron chi connectivity index (χ1n) is 6.00. The van der Waals surface area contributed by atoms with Crippen molar-refractivity contribution in [1.29, 1.82) is 0 Å². The first-order valence-corrected chi connectivity index (χ1v) is 6.00. The largest absolute Gasteiger partial charge is 0.490 e. The Morgan fingerprint density at radius 1 is 1.52 bits per heavy atom. The number of nitrogens with zero attached hydrogens (tertiary/aromatic N) is 2. The van der Waals surface area contributed by atoms with E-state index in [1.165, 1.54) is 0 Å². The highest BCUT2D eigenvalue weighted by Gasteiger charge is 2.38. The molecule has 0 spiro atoms. The summed E-state index contributed by atoms with van der Waals surface area (Å²) in [5.74, 6) is -3.10. The van der Waals surface area contributed by atoms with Gasteiger partial charge < -0.3 is 15.2 Å². The van der Waals surface area contributed by atoms with E-state index in [1.54, 1.807) is 13.0 Å². The Morgan fingerprint density at radius 3 is 2.62 bits per heavy atom. The summed E-state index contributed by atoms with van der Waals surface area (Å²) in [4.78, 5) is 20.2. The number of carboxylic acids is 1. The van der Waals surface area contributed by atoms with Crippen molar-refractivity contribution in [2.45, 2.75) is 26.2 Å². The third-order valence-corrected chi connectivity index (χ3v) is 2.40. The number of carboxylic acid groups (broad SMARTS) is 1. The van der Waals surface area contributed by atoms with E-state index >= 15 is 0 Å². The summed E-state index contributed by atoms with van der Waals surface area (Å²) in [6, 6.07) is 1.78. The minimum Gasteiger partial charge on any atom is -0.475 e. The van der Waals surface area contributed by atoms with Crippen molar-refractivity contribution < 1.29 is 32.6 Å². The molecule has 7 nitrogen and oxygen atoms in total. The van der Waals surface area contributed by atoms with E-state index in [-0.39, 0.29) is 5.97 Å². The molecule has 0 saturated heterocycles. The molecule has 10 heteroatoms. The number of alkyl halides is 3. The lowest BCUT2D eigenvalue weighted by atomic mass is 10.3. The van der Waals surface area contributed by atoms with Crippen molar-refractivity contribution >= 4 is 11.9 Å². The van der Waals surface area contributed by atoms with Crippen molar-refractivity contribution in [2.24, 2.45) is 0 Å². The normalized spacial score (nSPS) is 13.7. The summed E-state index contributed by atoms with van der Waals surface area (Å²) >= 11 is 0. The molecule has 2 heterocycles. The molecule has 1 aliphatic rings. The number of rotatable bonds is 2. The quantitative estimate of drug-likeness (QED) is 0.785. The maximum atomic E-state index is 11.3. The van der Waals surface area contributed by atoms with Gasteiger partial charge in [0.2, 0.25) is 0 Å². The van der Waals surface area contributed by atoms with Crippen LogP contribution in [-0.2, 0) is 22.6 Å². The number of esters is 1. The van der Waals surface area contributed by atoms with Gasteiger partial charge in [0.25, 0.3) is 0 Å². The molecule has 0 bridgehead atoms. The molecule has 0 saturated carbocycles. The van der Waals surface area contributed by atoms with Crippen LogP contribution in [0.3, 0.4) is 0 Å². The van der Waals surface area contributed by atoms with Gasteiger partial charge in [-0.1, -0.05) is 0 Å². The average Bonchev–Trinajstić information content (AvgIpc) is 2.82. The SMILES string of the molecule is CCOC(=O)c1cc2n(n1)CCNC2.O=C(O)C(F)(F)F. The van der Waals surface area contributed by atoms with Crippen LogP contribution < -0.4 is 5.32 Å². The Labute approximate surface area is 117 Å². The standard InChI is InChI=1S/C9H13N3O2.C2HF3O2/c1-2-14-9(13)8-5-7-6-10-3-4-12(7)11-8;3-2(4,5)1(6)7/h5,10H,2-4,6H2,1H3;(H,6,7). The second kappa shape index (κ2) is 7.07. The molecular weight excluding hydrogens is 295 g/mol. The van der Waals surface area contributed by atoms with E-state index in [1.807, 2.05) is 4.68 Å². The second-order valence-corrected chi connectivity index (χ2v) is 3.94. The highest BCUT2D eigenvalue weighted by molar-refractivity contribution is 5.87. The molecule has 0 aliphatic carbocycles. The Hall–Kier alpha value is -2.10. The van der Waals surface area contributed by atoms with E-state index in [2.05, 4.69) is 10.4 Å². The Bertz CT molecular complexity index is 490. The van der Waals surface area contributed by atoms with Gasteiger partial charge in [-0.15, -0.1) is 0 Å². The van der Waals surface area contributed by atoms with Crippen LogP contribution >= 0.6 is 0 Å². The lowest BCUT2D eigenvalue weighted by Crippen LogP contribution is -2.28. The predicted octanol–water partition coefficient (Wildman–Crippen LogP) is 0.796. The highest BCUT2D eigenvalue weighted by atomic mass is 19.4. The van der Waals surface area contributed by atoms with Crippen LogP contribution in [0.25, 0.3) is 0 Å². The van der Waals surface area contributed by atoms with Gasteiger partial charge in [0.15, 0.2) is 5.69 Å². The van der Waals surface area contributed by atoms with Crippen LogP contribution in [-0.4, -0.2) is 46.2 Å². The molecule has 0 radical (unpaired) electrons. The number of halogens is 3. The van der Waals surface area contributed by atoms with Crippen molar-refractivity contribution in [3.05, 3.63) is 17.5 Å². The molecule has 0 atom stereocenters. The zero-order valence-electron chi connectivity index (χ0n) is 11.1. The molecular formula is C11H14F3N3O4. The van der Waals surface area contributed by atoms with Gasteiger partial charge in [0.1, 0.15) is 0 Å². The molecule has 0 amide bonds. The zero-order valence-corrected chi connectivity index (χ0v) is 11.1. The highest BCUT2D eigenvalue weighted by Crippen LogP contribution is 2.13. The minimum atomic E-state index is -5.08. The molecule has 1 aliphatic heterocycles. The Morgan fingerprint density at radius 2 is 2.14 bits per heavy atom.